The number of benzene rings is 8. The van der Waals surface area contributed by atoms with Crippen LogP contribution in [0.5, 0.6) is 0 Å². The molecule has 2 heterocycles. The van der Waals surface area contributed by atoms with E-state index in [1.165, 1.54) is 21.1 Å². The predicted octanol–water partition coefficient (Wildman–Crippen LogP) is 15.2. The van der Waals surface area contributed by atoms with Gasteiger partial charge in [-0.25, -0.2) is 0 Å². The van der Waals surface area contributed by atoms with Crippen LogP contribution in [0.2, 0.25) is 39.3 Å². The van der Waals surface area contributed by atoms with E-state index in [-0.39, 0.29) is 0 Å². The lowest BCUT2D eigenvalue weighted by Crippen LogP contribution is -2.37. The van der Waals surface area contributed by atoms with Crippen molar-refractivity contribution in [3.05, 3.63) is 182 Å². The quantitative estimate of drug-likeness (QED) is 0.136. The molecule has 10 rings (SSSR count). The lowest BCUT2D eigenvalue weighted by molar-refractivity contribution is 0.671. The van der Waals surface area contributed by atoms with E-state index in [9.17, 15) is 0 Å². The first-order valence-corrected chi connectivity index (χ1v) is 27.8. The molecule has 294 valence electrons. The third-order valence-corrected chi connectivity index (χ3v) is 15.7. The molecule has 0 aliphatic heterocycles. The molecule has 60 heavy (non-hydrogen) atoms. The zero-order valence-electron chi connectivity index (χ0n) is 35.0. The summed E-state index contributed by atoms with van der Waals surface area (Å²) in [5.41, 5.74) is 12.4. The first kappa shape index (κ1) is 37.7. The van der Waals surface area contributed by atoms with Gasteiger partial charge in [-0.1, -0.05) is 161 Å². The lowest BCUT2D eigenvalue weighted by Gasteiger charge is -2.26. The molecule has 0 amide bonds. The van der Waals surface area contributed by atoms with Crippen LogP contribution in [-0.4, -0.2) is 16.1 Å². The number of fused-ring (bicyclic) bond motifs is 6. The molecule has 0 aliphatic carbocycles. The lowest BCUT2D eigenvalue weighted by atomic mass is 10.0. The molecular formula is C54H48N2O2Si2. The molecule has 0 bridgehead atoms. The van der Waals surface area contributed by atoms with E-state index in [0.29, 0.717) is 0 Å². The number of rotatable bonds is 9. The molecule has 0 atom stereocenters. The van der Waals surface area contributed by atoms with E-state index < -0.39 is 16.1 Å². The minimum Gasteiger partial charge on any atom is -0.454 e. The van der Waals surface area contributed by atoms with E-state index in [0.717, 1.165) is 78.4 Å². The SMILES string of the molecule is C[Si](C)(C)c1cccc2c1oc1c(N(c3ccccc3)c3ccc(-c4ccc(N(c5ccccc5)c5cccc6c5oc5c([Si](C)(C)C)cccc56)cc4)cc3)cccc12. The highest BCUT2D eigenvalue weighted by Gasteiger charge is 2.27. The van der Waals surface area contributed by atoms with Gasteiger partial charge in [0.15, 0.2) is 11.2 Å². The molecule has 0 N–H and O–H groups in total. The van der Waals surface area contributed by atoms with Gasteiger partial charge in [0.25, 0.3) is 0 Å². The van der Waals surface area contributed by atoms with Gasteiger partial charge in [0.1, 0.15) is 11.2 Å². The normalized spacial score (nSPS) is 12.2. The number of nitrogens with zero attached hydrogens (tertiary/aromatic N) is 2. The summed E-state index contributed by atoms with van der Waals surface area (Å²) in [6.45, 7) is 14.3. The Morgan fingerprint density at radius 3 is 0.967 bits per heavy atom. The van der Waals surface area contributed by atoms with Gasteiger partial charge in [-0.15, -0.1) is 0 Å². The van der Waals surface area contributed by atoms with Gasteiger partial charge in [0.05, 0.1) is 27.5 Å². The Morgan fingerprint density at radius 1 is 0.300 bits per heavy atom. The van der Waals surface area contributed by atoms with E-state index >= 15 is 0 Å². The fourth-order valence-corrected chi connectivity index (χ4v) is 11.7. The highest BCUT2D eigenvalue weighted by Crippen LogP contribution is 2.44. The first-order valence-electron chi connectivity index (χ1n) is 20.8. The molecule has 6 heteroatoms. The van der Waals surface area contributed by atoms with Crippen molar-refractivity contribution in [2.24, 2.45) is 0 Å². The molecule has 0 radical (unpaired) electrons. The van der Waals surface area contributed by atoms with Crippen LogP contribution in [0.25, 0.3) is 55.0 Å². The summed E-state index contributed by atoms with van der Waals surface area (Å²) in [5.74, 6) is 0. The van der Waals surface area contributed by atoms with Gasteiger partial charge in [-0.05, 0) is 82.2 Å². The summed E-state index contributed by atoms with van der Waals surface area (Å²) in [6, 6.07) is 65.2. The van der Waals surface area contributed by atoms with Gasteiger partial charge < -0.3 is 18.6 Å². The van der Waals surface area contributed by atoms with E-state index in [1.807, 2.05) is 0 Å². The number of anilines is 6. The van der Waals surface area contributed by atoms with Gasteiger partial charge >= 0.3 is 0 Å². The maximum Gasteiger partial charge on any atom is 0.159 e. The summed E-state index contributed by atoms with van der Waals surface area (Å²) in [6.07, 6.45) is 0. The minimum absolute atomic E-state index is 0.902. The van der Waals surface area contributed by atoms with Crippen molar-refractivity contribution in [2.45, 2.75) is 39.3 Å². The van der Waals surface area contributed by atoms with Crippen LogP contribution < -0.4 is 20.2 Å². The van der Waals surface area contributed by atoms with Crippen molar-refractivity contribution >= 4 is 105 Å². The van der Waals surface area contributed by atoms with Crippen LogP contribution in [-0.2, 0) is 0 Å². The van der Waals surface area contributed by atoms with Crippen molar-refractivity contribution in [1.29, 1.82) is 0 Å². The Kier molecular flexibility index (Phi) is 9.15. The monoisotopic (exact) mass is 812 g/mol. The maximum atomic E-state index is 6.89. The van der Waals surface area contributed by atoms with Gasteiger partial charge in [-0.3, -0.25) is 0 Å². The van der Waals surface area contributed by atoms with Gasteiger partial charge in [-0.2, -0.15) is 0 Å². The van der Waals surface area contributed by atoms with Crippen molar-refractivity contribution in [1.82, 2.24) is 0 Å². The van der Waals surface area contributed by atoms with Crippen LogP contribution in [0.15, 0.2) is 191 Å². The van der Waals surface area contributed by atoms with Crippen molar-refractivity contribution in [3.8, 4) is 11.1 Å². The third-order valence-electron chi connectivity index (χ3n) is 11.7. The summed E-state index contributed by atoms with van der Waals surface area (Å²) in [7, 11) is -3.31. The molecule has 0 spiro atoms. The average molecular weight is 813 g/mol. The highest BCUT2D eigenvalue weighted by atomic mass is 28.3. The van der Waals surface area contributed by atoms with Gasteiger partial charge in [0, 0.05) is 44.3 Å². The van der Waals surface area contributed by atoms with Crippen LogP contribution in [0.1, 0.15) is 0 Å². The Balaban J connectivity index is 1.03. The molecule has 0 saturated heterocycles. The zero-order chi connectivity index (χ0) is 41.2. The minimum atomic E-state index is -1.66. The number of hydrogen-bond acceptors (Lipinski definition) is 4. The molecule has 0 unspecified atom stereocenters. The highest BCUT2D eigenvalue weighted by molar-refractivity contribution is 6.90. The average Bonchev–Trinajstić information content (AvgIpc) is 3.84. The summed E-state index contributed by atoms with van der Waals surface area (Å²) < 4.78 is 13.8. The van der Waals surface area contributed by atoms with E-state index in [1.54, 1.807) is 0 Å². The first-order chi connectivity index (χ1) is 29.0. The Hall–Kier alpha value is -6.61. The van der Waals surface area contributed by atoms with Crippen molar-refractivity contribution in [2.75, 3.05) is 9.80 Å². The standard InChI is InChI=1S/C54H48N2O2Si2/c1-59(2,3)49-27-15-23-45-43-21-13-25-47(51(43)57-53(45)49)55(39-17-9-7-10-18-39)41-33-29-37(30-34-41)38-31-35-42(36-32-38)56(40-19-11-8-12-20-40)48-26-14-22-44-46-24-16-28-50(60(4,5)6)54(46)58-52(44)48/h7-36H,1-6H3. The van der Waals surface area contributed by atoms with Crippen LogP contribution in [0.4, 0.5) is 34.1 Å². The molecule has 0 aliphatic rings. The number of para-hydroxylation sites is 6. The molecule has 0 fully saturated rings. The van der Waals surface area contributed by atoms with E-state index in [4.69, 9.17) is 8.83 Å². The number of hydrogen-bond donors (Lipinski definition) is 0. The molecule has 2 aromatic heterocycles. The van der Waals surface area contributed by atoms with Crippen LogP contribution >= 0.6 is 0 Å². The molecule has 0 saturated carbocycles. The molecule has 8 aromatic carbocycles. The smallest absolute Gasteiger partial charge is 0.159 e. The molecule has 4 nitrogen and oxygen atoms in total. The number of furan rings is 2. The second-order valence-corrected chi connectivity index (χ2v) is 27.9. The Morgan fingerprint density at radius 2 is 0.617 bits per heavy atom. The Bertz CT molecular complexity index is 2940. The van der Waals surface area contributed by atoms with Crippen LogP contribution in [0, 0.1) is 0 Å². The van der Waals surface area contributed by atoms with Crippen molar-refractivity contribution in [3.63, 3.8) is 0 Å². The fourth-order valence-electron chi connectivity index (χ4n) is 8.76. The molecular weight excluding hydrogens is 765 g/mol. The fraction of sp³-hybridized carbons (Fsp3) is 0.111. The topological polar surface area (TPSA) is 32.8 Å². The van der Waals surface area contributed by atoms with Gasteiger partial charge in [0.2, 0.25) is 0 Å². The molecule has 10 aromatic rings. The predicted molar refractivity (Wildman–Crippen MR) is 262 cm³/mol. The summed E-state index contributed by atoms with van der Waals surface area (Å²) in [4.78, 5) is 4.63. The van der Waals surface area contributed by atoms with Crippen molar-refractivity contribution < 1.29 is 8.83 Å². The second-order valence-electron chi connectivity index (χ2n) is 17.8. The van der Waals surface area contributed by atoms with E-state index in [2.05, 4.69) is 231 Å². The zero-order valence-corrected chi connectivity index (χ0v) is 37.0. The summed E-state index contributed by atoms with van der Waals surface area (Å²) >= 11 is 0. The largest absolute Gasteiger partial charge is 0.454 e. The maximum absolute atomic E-state index is 6.89. The Labute approximate surface area is 354 Å². The summed E-state index contributed by atoms with van der Waals surface area (Å²) in [5, 5.41) is 7.32. The second kappa shape index (κ2) is 14.6. The van der Waals surface area contributed by atoms with Crippen LogP contribution in [0.3, 0.4) is 0 Å². The third kappa shape index (κ3) is 6.53.